The molecule has 1 N–H and O–H groups in total. The summed E-state index contributed by atoms with van der Waals surface area (Å²) < 4.78 is 18.3. The van der Waals surface area contributed by atoms with Gasteiger partial charge in [-0.3, -0.25) is 9.59 Å². The van der Waals surface area contributed by atoms with Crippen molar-refractivity contribution in [1.82, 2.24) is 19.8 Å². The molecule has 1 aromatic heterocycles. The summed E-state index contributed by atoms with van der Waals surface area (Å²) in [5.41, 5.74) is 3.46. The first-order chi connectivity index (χ1) is 18.5. The molecule has 0 saturated carbocycles. The van der Waals surface area contributed by atoms with E-state index in [9.17, 15) is 14.0 Å². The molecule has 4 aromatic rings. The zero-order chi connectivity index (χ0) is 26.5. The molecule has 2 amide bonds. The maximum atomic E-state index is 13.2. The molecule has 5 rings (SSSR count). The Morgan fingerprint density at radius 1 is 0.789 bits per heavy atom. The average molecular weight is 512 g/mol. The Bertz CT molecular complexity index is 1420. The second kappa shape index (κ2) is 11.1. The topological polar surface area (TPSA) is 87.7 Å². The quantitative estimate of drug-likeness (QED) is 0.406. The molecule has 0 unspecified atom stereocenters. The molecule has 1 fully saturated rings. The van der Waals surface area contributed by atoms with Gasteiger partial charge in [0.15, 0.2) is 0 Å². The summed E-state index contributed by atoms with van der Waals surface area (Å²) in [5.74, 6) is 0.790. The fraction of sp³-hybridized carbons (Fsp3) is 0.172. The Morgan fingerprint density at radius 3 is 1.89 bits per heavy atom. The first kappa shape index (κ1) is 24.9. The third-order valence-corrected chi connectivity index (χ3v) is 6.40. The number of carbonyl (C=O) groups excluding carboxylic acids is 2. The van der Waals surface area contributed by atoms with Crippen LogP contribution in [0.5, 0.6) is 5.75 Å². The number of aromatic nitrogens is 2. The standard InChI is InChI=1S/C29H26FN5O3/c1-38-25-12-10-24(11-13-25)33-27-18-26(31-19-32-27)20-2-4-21(5-3-20)28(36)34-14-16-35(17-15-34)29(37)22-6-8-23(30)9-7-22/h2-13,18-19H,14-17H2,1H3,(H,31,32,33). The minimum atomic E-state index is -0.381. The largest absolute Gasteiger partial charge is 0.497 e. The minimum Gasteiger partial charge on any atom is -0.497 e. The number of hydrogen-bond donors (Lipinski definition) is 1. The summed E-state index contributed by atoms with van der Waals surface area (Å²) in [6, 6.07) is 22.2. The van der Waals surface area contributed by atoms with Gasteiger partial charge in [0.25, 0.3) is 11.8 Å². The van der Waals surface area contributed by atoms with E-state index in [2.05, 4.69) is 15.3 Å². The van der Waals surface area contributed by atoms with Gasteiger partial charge in [-0.25, -0.2) is 14.4 Å². The minimum absolute atomic E-state index is 0.0880. The van der Waals surface area contributed by atoms with Gasteiger partial charge in [0.2, 0.25) is 0 Å². The lowest BCUT2D eigenvalue weighted by Crippen LogP contribution is -2.50. The number of rotatable bonds is 6. The molecule has 0 aliphatic carbocycles. The molecule has 1 aliphatic heterocycles. The van der Waals surface area contributed by atoms with Crippen LogP contribution >= 0.6 is 0 Å². The number of methoxy groups -OCH3 is 1. The number of ether oxygens (including phenoxy) is 1. The Morgan fingerprint density at radius 2 is 1.34 bits per heavy atom. The molecule has 0 spiro atoms. The summed E-state index contributed by atoms with van der Waals surface area (Å²) in [6.45, 7) is 1.70. The van der Waals surface area contributed by atoms with Crippen molar-refractivity contribution < 1.29 is 18.7 Å². The molecule has 8 nitrogen and oxygen atoms in total. The third kappa shape index (κ3) is 5.62. The number of carbonyl (C=O) groups is 2. The Kier molecular flexibility index (Phi) is 7.26. The number of nitrogens with one attached hydrogen (secondary N) is 1. The van der Waals surface area contributed by atoms with Crippen molar-refractivity contribution in [3.05, 3.63) is 102 Å². The zero-order valence-electron chi connectivity index (χ0n) is 20.8. The van der Waals surface area contributed by atoms with Crippen molar-refractivity contribution in [2.24, 2.45) is 0 Å². The molecule has 192 valence electrons. The van der Waals surface area contributed by atoms with Crippen LogP contribution in [0.2, 0.25) is 0 Å². The maximum absolute atomic E-state index is 13.2. The van der Waals surface area contributed by atoms with Crippen molar-refractivity contribution >= 4 is 23.3 Å². The van der Waals surface area contributed by atoms with Crippen LogP contribution in [0.15, 0.2) is 85.2 Å². The predicted octanol–water partition coefficient (Wildman–Crippen LogP) is 4.63. The van der Waals surface area contributed by atoms with Gasteiger partial charge >= 0.3 is 0 Å². The van der Waals surface area contributed by atoms with E-state index in [0.29, 0.717) is 43.1 Å². The van der Waals surface area contributed by atoms with Crippen LogP contribution in [0.4, 0.5) is 15.9 Å². The fourth-order valence-electron chi connectivity index (χ4n) is 4.26. The van der Waals surface area contributed by atoms with E-state index in [1.54, 1.807) is 29.0 Å². The van der Waals surface area contributed by atoms with Gasteiger partial charge in [0.1, 0.15) is 23.7 Å². The van der Waals surface area contributed by atoms with Crippen LogP contribution in [0.1, 0.15) is 20.7 Å². The van der Waals surface area contributed by atoms with Crippen LogP contribution in [-0.4, -0.2) is 64.9 Å². The van der Waals surface area contributed by atoms with E-state index in [4.69, 9.17) is 4.74 Å². The molecule has 38 heavy (non-hydrogen) atoms. The number of amides is 2. The van der Waals surface area contributed by atoms with Crippen molar-refractivity contribution in [3.8, 4) is 17.0 Å². The molecule has 1 aliphatic rings. The van der Waals surface area contributed by atoms with Crippen LogP contribution in [-0.2, 0) is 0 Å². The lowest BCUT2D eigenvalue weighted by atomic mass is 10.1. The van der Waals surface area contributed by atoms with Crippen LogP contribution in [0.3, 0.4) is 0 Å². The number of piperazine rings is 1. The molecule has 1 saturated heterocycles. The summed E-state index contributed by atoms with van der Waals surface area (Å²) >= 11 is 0. The Balaban J connectivity index is 1.20. The van der Waals surface area contributed by atoms with Crippen LogP contribution < -0.4 is 10.1 Å². The SMILES string of the molecule is COc1ccc(Nc2cc(-c3ccc(C(=O)N4CCN(C(=O)c5ccc(F)cc5)CC4)cc3)ncn2)cc1. The number of benzene rings is 3. The molecule has 0 bridgehead atoms. The number of halogens is 1. The smallest absolute Gasteiger partial charge is 0.253 e. The molecule has 2 heterocycles. The van der Waals surface area contributed by atoms with E-state index in [1.807, 2.05) is 42.5 Å². The third-order valence-electron chi connectivity index (χ3n) is 6.40. The van der Waals surface area contributed by atoms with Gasteiger partial charge in [-0.2, -0.15) is 0 Å². The van der Waals surface area contributed by atoms with E-state index in [1.165, 1.54) is 30.6 Å². The van der Waals surface area contributed by atoms with Gasteiger partial charge in [0.05, 0.1) is 12.8 Å². The molecule has 0 radical (unpaired) electrons. The second-order valence-electron chi connectivity index (χ2n) is 8.81. The molecule has 0 atom stereocenters. The normalized spacial score (nSPS) is 13.2. The van der Waals surface area contributed by atoms with Crippen molar-refractivity contribution in [3.63, 3.8) is 0 Å². The number of hydrogen-bond acceptors (Lipinski definition) is 6. The number of anilines is 2. The highest BCUT2D eigenvalue weighted by Crippen LogP contribution is 2.23. The van der Waals surface area contributed by atoms with E-state index < -0.39 is 0 Å². The molecule has 9 heteroatoms. The summed E-state index contributed by atoms with van der Waals surface area (Å²) in [6.07, 6.45) is 1.49. The summed E-state index contributed by atoms with van der Waals surface area (Å²) in [4.78, 5) is 37.8. The van der Waals surface area contributed by atoms with E-state index >= 15 is 0 Å². The first-order valence-corrected chi connectivity index (χ1v) is 12.2. The predicted molar refractivity (Wildman–Crippen MR) is 142 cm³/mol. The highest BCUT2D eigenvalue weighted by molar-refractivity contribution is 5.96. The highest BCUT2D eigenvalue weighted by atomic mass is 19.1. The van der Waals surface area contributed by atoms with Gasteiger partial charge < -0.3 is 19.9 Å². The lowest BCUT2D eigenvalue weighted by Gasteiger charge is -2.35. The Hall–Kier alpha value is -4.79. The van der Waals surface area contributed by atoms with Gasteiger partial charge in [-0.1, -0.05) is 12.1 Å². The molecular weight excluding hydrogens is 485 g/mol. The zero-order valence-corrected chi connectivity index (χ0v) is 20.8. The van der Waals surface area contributed by atoms with Crippen LogP contribution in [0, 0.1) is 5.82 Å². The van der Waals surface area contributed by atoms with E-state index in [-0.39, 0.29) is 17.6 Å². The second-order valence-corrected chi connectivity index (χ2v) is 8.81. The lowest BCUT2D eigenvalue weighted by molar-refractivity contribution is 0.0535. The summed E-state index contributed by atoms with van der Waals surface area (Å²) in [5, 5.41) is 3.25. The van der Waals surface area contributed by atoms with Crippen molar-refractivity contribution in [2.75, 3.05) is 38.6 Å². The molecule has 3 aromatic carbocycles. The monoisotopic (exact) mass is 511 g/mol. The van der Waals surface area contributed by atoms with Crippen molar-refractivity contribution in [2.45, 2.75) is 0 Å². The Labute approximate surface area is 219 Å². The fourth-order valence-corrected chi connectivity index (χ4v) is 4.26. The average Bonchev–Trinajstić information content (AvgIpc) is 2.97. The van der Waals surface area contributed by atoms with Crippen LogP contribution in [0.25, 0.3) is 11.3 Å². The van der Waals surface area contributed by atoms with Gasteiger partial charge in [-0.15, -0.1) is 0 Å². The summed E-state index contributed by atoms with van der Waals surface area (Å²) in [7, 11) is 1.62. The van der Waals surface area contributed by atoms with Gasteiger partial charge in [0, 0.05) is 54.6 Å². The highest BCUT2D eigenvalue weighted by Gasteiger charge is 2.25. The number of nitrogens with zero attached hydrogens (tertiary/aromatic N) is 4. The van der Waals surface area contributed by atoms with E-state index in [0.717, 1.165) is 22.7 Å². The van der Waals surface area contributed by atoms with Gasteiger partial charge in [-0.05, 0) is 60.7 Å². The molecular formula is C29H26FN5O3. The van der Waals surface area contributed by atoms with Crippen molar-refractivity contribution in [1.29, 1.82) is 0 Å². The maximum Gasteiger partial charge on any atom is 0.253 e. The first-order valence-electron chi connectivity index (χ1n) is 12.2.